The summed E-state index contributed by atoms with van der Waals surface area (Å²) in [7, 11) is 0. The van der Waals surface area contributed by atoms with Crippen molar-refractivity contribution in [2.45, 2.75) is 19.4 Å². The lowest BCUT2D eigenvalue weighted by molar-refractivity contribution is -0.139. The molecule has 5 nitrogen and oxygen atoms in total. The minimum Gasteiger partial charge on any atom is -0.332 e. The van der Waals surface area contributed by atoms with Gasteiger partial charge in [0.1, 0.15) is 0 Å². The van der Waals surface area contributed by atoms with Crippen LogP contribution < -0.4 is 16.6 Å². The van der Waals surface area contributed by atoms with E-state index in [-0.39, 0.29) is 0 Å². The standard InChI is InChI=1S/C7H11N3O2/c1-4-7(2,3)9-5(11)6(12)10-8/h1H,8H2,2-3H3,(H,9,11)(H,10,12). The molecule has 0 spiro atoms. The van der Waals surface area contributed by atoms with Gasteiger partial charge in [-0.05, 0) is 13.8 Å². The van der Waals surface area contributed by atoms with Crippen LogP contribution in [0.25, 0.3) is 0 Å². The lowest BCUT2D eigenvalue weighted by Crippen LogP contribution is -2.50. The van der Waals surface area contributed by atoms with Crippen LogP contribution in [0.3, 0.4) is 0 Å². The first kappa shape index (κ1) is 10.5. The average molecular weight is 169 g/mol. The third-order valence-electron chi connectivity index (χ3n) is 1.12. The Kier molecular flexibility index (Phi) is 3.26. The second-order valence-electron chi connectivity index (χ2n) is 2.70. The first-order chi connectivity index (χ1) is 5.43. The highest BCUT2D eigenvalue weighted by Gasteiger charge is 2.21. The smallest absolute Gasteiger partial charge is 0.323 e. The van der Waals surface area contributed by atoms with Crippen LogP contribution in [0.2, 0.25) is 0 Å². The van der Waals surface area contributed by atoms with Gasteiger partial charge in [-0.3, -0.25) is 15.0 Å². The van der Waals surface area contributed by atoms with Gasteiger partial charge in [-0.15, -0.1) is 6.42 Å². The predicted molar refractivity (Wildman–Crippen MR) is 43.4 cm³/mol. The molecule has 0 unspecified atom stereocenters. The van der Waals surface area contributed by atoms with Crippen LogP contribution in [0, 0.1) is 12.3 Å². The van der Waals surface area contributed by atoms with Crippen LogP contribution in [0.15, 0.2) is 0 Å². The van der Waals surface area contributed by atoms with Gasteiger partial charge in [0, 0.05) is 0 Å². The summed E-state index contributed by atoms with van der Waals surface area (Å²) in [6.45, 7) is 3.18. The Labute approximate surface area is 70.7 Å². The zero-order valence-corrected chi connectivity index (χ0v) is 6.97. The van der Waals surface area contributed by atoms with Gasteiger partial charge in [-0.1, -0.05) is 5.92 Å². The molecule has 0 aromatic heterocycles. The Bertz CT molecular complexity index is 240. The van der Waals surface area contributed by atoms with E-state index in [9.17, 15) is 9.59 Å². The molecular formula is C7H11N3O2. The number of hydrazine groups is 1. The van der Waals surface area contributed by atoms with Gasteiger partial charge >= 0.3 is 11.8 Å². The normalized spacial score (nSPS) is 9.83. The summed E-state index contributed by atoms with van der Waals surface area (Å²) < 4.78 is 0. The van der Waals surface area contributed by atoms with E-state index in [1.807, 2.05) is 0 Å². The van der Waals surface area contributed by atoms with E-state index >= 15 is 0 Å². The number of rotatable bonds is 1. The fraction of sp³-hybridized carbons (Fsp3) is 0.429. The molecule has 0 radical (unpaired) electrons. The lowest BCUT2D eigenvalue weighted by Gasteiger charge is -2.18. The van der Waals surface area contributed by atoms with Gasteiger partial charge < -0.3 is 5.32 Å². The van der Waals surface area contributed by atoms with E-state index in [2.05, 4.69) is 11.2 Å². The van der Waals surface area contributed by atoms with E-state index in [0.29, 0.717) is 0 Å². The van der Waals surface area contributed by atoms with E-state index in [1.165, 1.54) is 0 Å². The minimum absolute atomic E-state index is 0.844. The maximum absolute atomic E-state index is 10.8. The summed E-state index contributed by atoms with van der Waals surface area (Å²) in [5, 5.41) is 2.29. The lowest BCUT2D eigenvalue weighted by atomic mass is 10.1. The highest BCUT2D eigenvalue weighted by atomic mass is 16.2. The third-order valence-corrected chi connectivity index (χ3v) is 1.12. The zero-order valence-electron chi connectivity index (χ0n) is 6.97. The van der Waals surface area contributed by atoms with E-state index < -0.39 is 17.4 Å². The van der Waals surface area contributed by atoms with Crippen LogP contribution in [0.1, 0.15) is 13.8 Å². The molecule has 0 aromatic rings. The molecule has 2 amide bonds. The van der Waals surface area contributed by atoms with Gasteiger partial charge in [-0.25, -0.2) is 5.84 Å². The van der Waals surface area contributed by atoms with Crippen molar-refractivity contribution in [3.63, 3.8) is 0 Å². The van der Waals surface area contributed by atoms with Crippen LogP contribution in [-0.2, 0) is 9.59 Å². The van der Waals surface area contributed by atoms with Crippen LogP contribution in [0.5, 0.6) is 0 Å². The molecule has 0 bridgehead atoms. The van der Waals surface area contributed by atoms with E-state index in [0.717, 1.165) is 0 Å². The van der Waals surface area contributed by atoms with Gasteiger partial charge in [-0.2, -0.15) is 0 Å². The maximum atomic E-state index is 10.8. The fourth-order valence-electron chi connectivity index (χ4n) is 0.442. The number of carbonyl (C=O) groups excluding carboxylic acids is 2. The zero-order chi connectivity index (χ0) is 9.78. The molecule has 0 aliphatic rings. The largest absolute Gasteiger partial charge is 0.332 e. The highest BCUT2D eigenvalue weighted by molar-refractivity contribution is 6.35. The molecule has 0 saturated carbocycles. The molecule has 0 aliphatic heterocycles. The molecule has 12 heavy (non-hydrogen) atoms. The molecule has 5 heteroatoms. The van der Waals surface area contributed by atoms with Crippen molar-refractivity contribution >= 4 is 11.8 Å². The fourth-order valence-corrected chi connectivity index (χ4v) is 0.442. The molecule has 0 aromatic carbocycles. The van der Waals surface area contributed by atoms with Gasteiger partial charge in [0.2, 0.25) is 0 Å². The number of hydrogen-bond donors (Lipinski definition) is 3. The summed E-state index contributed by atoms with van der Waals surface area (Å²) in [6, 6.07) is 0. The van der Waals surface area contributed by atoms with Gasteiger partial charge in [0.15, 0.2) is 0 Å². The number of terminal acetylenes is 1. The number of amides is 2. The van der Waals surface area contributed by atoms with Crippen LogP contribution in [0.4, 0.5) is 0 Å². The Morgan fingerprint density at radius 3 is 2.25 bits per heavy atom. The average Bonchev–Trinajstić information content (AvgIpc) is 2.02. The second-order valence-corrected chi connectivity index (χ2v) is 2.70. The Morgan fingerprint density at radius 2 is 1.92 bits per heavy atom. The Hall–Kier alpha value is -1.54. The summed E-state index contributed by atoms with van der Waals surface area (Å²) in [6.07, 6.45) is 5.07. The SMILES string of the molecule is C#CC(C)(C)NC(=O)C(=O)NN. The third kappa shape index (κ3) is 3.03. The quantitative estimate of drug-likeness (QED) is 0.147. The van der Waals surface area contributed by atoms with Crippen molar-refractivity contribution in [2.24, 2.45) is 5.84 Å². The molecule has 0 atom stereocenters. The molecule has 0 aliphatic carbocycles. The summed E-state index contributed by atoms with van der Waals surface area (Å²) in [5.41, 5.74) is 0.848. The number of nitrogens with one attached hydrogen (secondary N) is 2. The predicted octanol–water partition coefficient (Wildman–Crippen LogP) is -1.50. The molecule has 0 heterocycles. The molecule has 0 fully saturated rings. The molecule has 0 saturated heterocycles. The number of hydrogen-bond acceptors (Lipinski definition) is 3. The first-order valence-corrected chi connectivity index (χ1v) is 3.24. The monoisotopic (exact) mass is 169 g/mol. The highest BCUT2D eigenvalue weighted by Crippen LogP contribution is 1.97. The van der Waals surface area contributed by atoms with Crippen molar-refractivity contribution in [3.8, 4) is 12.3 Å². The molecule has 4 N–H and O–H groups in total. The van der Waals surface area contributed by atoms with E-state index in [1.54, 1.807) is 19.3 Å². The Morgan fingerprint density at radius 1 is 1.42 bits per heavy atom. The van der Waals surface area contributed by atoms with E-state index in [4.69, 9.17) is 12.3 Å². The Balaban J connectivity index is 4.21. The number of carbonyl (C=O) groups is 2. The second kappa shape index (κ2) is 3.74. The van der Waals surface area contributed by atoms with Gasteiger partial charge in [0.05, 0.1) is 5.54 Å². The van der Waals surface area contributed by atoms with Gasteiger partial charge in [0.25, 0.3) is 0 Å². The van der Waals surface area contributed by atoms with Crippen LogP contribution in [-0.4, -0.2) is 17.4 Å². The number of nitrogens with two attached hydrogens (primary N) is 1. The minimum atomic E-state index is -0.918. The molecular weight excluding hydrogens is 158 g/mol. The summed E-state index contributed by atoms with van der Waals surface area (Å²) in [5.74, 6) is 5.25. The van der Waals surface area contributed by atoms with Crippen molar-refractivity contribution in [1.82, 2.24) is 10.7 Å². The van der Waals surface area contributed by atoms with Crippen molar-refractivity contribution in [2.75, 3.05) is 0 Å². The summed E-state index contributed by atoms with van der Waals surface area (Å²) >= 11 is 0. The summed E-state index contributed by atoms with van der Waals surface area (Å²) in [4.78, 5) is 21.4. The molecule has 0 rings (SSSR count). The van der Waals surface area contributed by atoms with Crippen molar-refractivity contribution in [1.29, 1.82) is 0 Å². The van der Waals surface area contributed by atoms with Crippen LogP contribution >= 0.6 is 0 Å². The topological polar surface area (TPSA) is 84.2 Å². The molecule has 66 valence electrons. The maximum Gasteiger partial charge on any atom is 0.323 e. The van der Waals surface area contributed by atoms with Crippen molar-refractivity contribution < 1.29 is 9.59 Å². The first-order valence-electron chi connectivity index (χ1n) is 3.24. The van der Waals surface area contributed by atoms with Crippen molar-refractivity contribution in [3.05, 3.63) is 0 Å².